The van der Waals surface area contributed by atoms with Gasteiger partial charge >= 0.3 is 0 Å². The third-order valence-corrected chi connectivity index (χ3v) is 6.04. The van der Waals surface area contributed by atoms with Crippen LogP contribution in [-0.4, -0.2) is 48.7 Å². The summed E-state index contributed by atoms with van der Waals surface area (Å²) in [7, 11) is -4.11. The van der Waals surface area contributed by atoms with Crippen molar-refractivity contribution >= 4 is 21.8 Å². The van der Waals surface area contributed by atoms with Crippen LogP contribution in [0.2, 0.25) is 0 Å². The number of Topliss-reactive ketones (excluding diaryl/α,β-unsaturated/α-hetero) is 1. The van der Waals surface area contributed by atoms with Gasteiger partial charge in [0.1, 0.15) is 0 Å². The largest absolute Gasteiger partial charge is 0.862 e. The minimum Gasteiger partial charge on any atom is -0.862 e. The molecule has 2 unspecified atom stereocenters. The van der Waals surface area contributed by atoms with Crippen LogP contribution in [0.5, 0.6) is 0 Å². The summed E-state index contributed by atoms with van der Waals surface area (Å²) in [5.41, 5.74) is 2.12. The molecule has 7 nitrogen and oxygen atoms in total. The van der Waals surface area contributed by atoms with Gasteiger partial charge in [0, 0.05) is 11.8 Å². The van der Waals surface area contributed by atoms with Gasteiger partial charge in [0.25, 0.3) is 10.1 Å². The summed E-state index contributed by atoms with van der Waals surface area (Å²) in [6.45, 7) is 7.16. The molecule has 2 atom stereocenters. The lowest BCUT2D eigenvalue weighted by molar-refractivity contribution is -0.223. The lowest BCUT2D eigenvalue weighted by Gasteiger charge is -2.34. The number of carbonyl (C=O) groups excluding carboxylic acids is 1. The number of aliphatic hydroxyl groups is 1. The first-order chi connectivity index (χ1) is 13.4. The number of ketones is 1. The molecule has 0 amide bonds. The molecule has 1 aliphatic carbocycles. The van der Waals surface area contributed by atoms with Crippen molar-refractivity contribution in [3.63, 3.8) is 0 Å². The maximum atomic E-state index is 12.0. The van der Waals surface area contributed by atoms with Crippen LogP contribution >= 0.6 is 0 Å². The van der Waals surface area contributed by atoms with Crippen LogP contribution in [0.25, 0.3) is 0 Å². The molecule has 0 aromatic rings. The zero-order valence-corrected chi connectivity index (χ0v) is 18.5. The van der Waals surface area contributed by atoms with Crippen LogP contribution in [0.1, 0.15) is 53.4 Å². The quantitative estimate of drug-likeness (QED) is 0.239. The maximum absolute atomic E-state index is 12.0. The minimum absolute atomic E-state index is 0.0131. The first-order valence-electron chi connectivity index (χ1n) is 9.76. The number of rotatable bonds is 10. The topological polar surface area (TPSA) is 127 Å². The van der Waals surface area contributed by atoms with Gasteiger partial charge in [-0.25, -0.2) is 0 Å². The Hall–Kier alpha value is -1.77. The van der Waals surface area contributed by atoms with E-state index in [9.17, 15) is 23.4 Å². The molecule has 164 valence electrons. The molecule has 0 heterocycles. The fourth-order valence-corrected chi connectivity index (χ4v) is 3.52. The highest BCUT2D eigenvalue weighted by Crippen LogP contribution is 2.39. The monoisotopic (exact) mass is 426 g/mol. The van der Waals surface area contributed by atoms with Crippen molar-refractivity contribution in [3.8, 4) is 0 Å². The lowest BCUT2D eigenvalue weighted by atomic mass is 9.71. The average Bonchev–Trinajstić information content (AvgIpc) is 2.63. The van der Waals surface area contributed by atoms with Crippen LogP contribution in [0.3, 0.4) is 0 Å². The number of carbonyl (C=O) groups is 1. The van der Waals surface area contributed by atoms with Crippen LogP contribution in [0.4, 0.5) is 0 Å². The highest BCUT2D eigenvalue weighted by molar-refractivity contribution is 7.85. The molecule has 0 radical (unpaired) electrons. The normalized spacial score (nSPS) is 23.2. The van der Waals surface area contributed by atoms with Crippen LogP contribution in [0.15, 0.2) is 39.9 Å². The molecule has 0 spiro atoms. The molecular formula is C21H32NO6S-. The number of hydrogen-bond donors (Lipinski definition) is 2. The van der Waals surface area contributed by atoms with E-state index < -0.39 is 21.3 Å². The minimum atomic E-state index is -4.11. The van der Waals surface area contributed by atoms with Gasteiger partial charge in [-0.1, -0.05) is 37.6 Å². The molecule has 0 aromatic carbocycles. The summed E-state index contributed by atoms with van der Waals surface area (Å²) in [6, 6.07) is 0. The van der Waals surface area contributed by atoms with Crippen molar-refractivity contribution in [2.24, 2.45) is 16.3 Å². The van der Waals surface area contributed by atoms with Crippen molar-refractivity contribution in [1.29, 1.82) is 0 Å². The summed E-state index contributed by atoms with van der Waals surface area (Å²) in [6.07, 6.45) is 8.08. The number of nitrogens with zero attached hydrogens (tertiary/aromatic N) is 1. The molecule has 0 bridgehead atoms. The van der Waals surface area contributed by atoms with Crippen molar-refractivity contribution in [1.82, 2.24) is 0 Å². The second kappa shape index (κ2) is 10.8. The Kier molecular flexibility index (Phi) is 9.45. The van der Waals surface area contributed by atoms with Gasteiger partial charge in [-0.3, -0.25) is 9.35 Å². The SMILES string of the molecule is CC1=C(/C=C/C(C)=C/CCC(C)C([O-])=NCCS(=O)(=O)O)C(C)(CO)CCC1=O. The van der Waals surface area contributed by atoms with Gasteiger partial charge in [0.15, 0.2) is 5.78 Å². The summed E-state index contributed by atoms with van der Waals surface area (Å²) in [5.74, 6) is -1.17. The number of hydrogen-bond acceptors (Lipinski definition) is 6. The summed E-state index contributed by atoms with van der Waals surface area (Å²) < 4.78 is 29.9. The van der Waals surface area contributed by atoms with Gasteiger partial charge in [-0.05, 0) is 56.1 Å². The Morgan fingerprint density at radius 1 is 1.41 bits per heavy atom. The van der Waals surface area contributed by atoms with E-state index in [-0.39, 0.29) is 30.8 Å². The second-order valence-corrected chi connectivity index (χ2v) is 9.52. The number of aliphatic imine (C=N–C) groups is 1. The van der Waals surface area contributed by atoms with E-state index in [2.05, 4.69) is 4.99 Å². The molecule has 1 rings (SSSR count). The molecule has 0 aromatic heterocycles. The van der Waals surface area contributed by atoms with E-state index in [4.69, 9.17) is 4.55 Å². The van der Waals surface area contributed by atoms with E-state index in [0.717, 1.165) is 11.1 Å². The van der Waals surface area contributed by atoms with Crippen LogP contribution < -0.4 is 5.11 Å². The molecule has 1 aliphatic rings. The van der Waals surface area contributed by atoms with E-state index in [1.165, 1.54) is 0 Å². The van der Waals surface area contributed by atoms with E-state index >= 15 is 0 Å². The fraction of sp³-hybridized carbons (Fsp3) is 0.619. The van der Waals surface area contributed by atoms with Crippen molar-refractivity contribution in [2.45, 2.75) is 53.4 Å². The third-order valence-electron chi connectivity index (χ3n) is 5.34. The number of aliphatic hydroxyl groups excluding tert-OH is 1. The second-order valence-electron chi connectivity index (χ2n) is 7.95. The highest BCUT2D eigenvalue weighted by atomic mass is 32.2. The molecule has 29 heavy (non-hydrogen) atoms. The van der Waals surface area contributed by atoms with E-state index in [0.29, 0.717) is 31.3 Å². The third kappa shape index (κ3) is 8.24. The summed E-state index contributed by atoms with van der Waals surface area (Å²) in [4.78, 5) is 15.7. The summed E-state index contributed by atoms with van der Waals surface area (Å²) >= 11 is 0. The molecule has 0 saturated carbocycles. The summed E-state index contributed by atoms with van der Waals surface area (Å²) in [5, 5.41) is 21.6. The average molecular weight is 427 g/mol. The van der Waals surface area contributed by atoms with Gasteiger partial charge in [-0.15, -0.1) is 0 Å². The Labute approximate surface area is 173 Å². The molecule has 0 fully saturated rings. The van der Waals surface area contributed by atoms with Gasteiger partial charge in [0.2, 0.25) is 0 Å². The zero-order chi connectivity index (χ0) is 22.2. The molecule has 2 N–H and O–H groups in total. The van der Waals surface area contributed by atoms with Crippen molar-refractivity contribution in [2.75, 3.05) is 18.9 Å². The Bertz CT molecular complexity index is 822. The van der Waals surface area contributed by atoms with Crippen LogP contribution in [-0.2, 0) is 14.9 Å². The van der Waals surface area contributed by atoms with Gasteiger partial charge in [0.05, 0.1) is 18.9 Å². The van der Waals surface area contributed by atoms with Crippen molar-refractivity contribution in [3.05, 3.63) is 34.9 Å². The molecule has 8 heteroatoms. The molecule has 0 aliphatic heterocycles. The molecular weight excluding hydrogens is 394 g/mol. The highest BCUT2D eigenvalue weighted by Gasteiger charge is 2.34. The smallest absolute Gasteiger partial charge is 0.266 e. The van der Waals surface area contributed by atoms with E-state index in [1.807, 2.05) is 32.1 Å². The Balaban J connectivity index is 2.68. The van der Waals surface area contributed by atoms with E-state index in [1.54, 1.807) is 13.8 Å². The van der Waals surface area contributed by atoms with Crippen molar-refractivity contribution < 1.29 is 28.0 Å². The zero-order valence-electron chi connectivity index (χ0n) is 17.6. The molecule has 0 saturated heterocycles. The fourth-order valence-electron chi connectivity index (χ4n) is 3.20. The predicted octanol–water partition coefficient (Wildman–Crippen LogP) is 2.23. The van der Waals surface area contributed by atoms with Crippen LogP contribution in [0, 0.1) is 11.3 Å². The Morgan fingerprint density at radius 2 is 2.07 bits per heavy atom. The first-order valence-corrected chi connectivity index (χ1v) is 11.4. The van der Waals surface area contributed by atoms with Gasteiger partial charge < -0.3 is 15.2 Å². The Morgan fingerprint density at radius 3 is 2.66 bits per heavy atom. The maximum Gasteiger partial charge on any atom is 0.266 e. The lowest BCUT2D eigenvalue weighted by Crippen LogP contribution is -2.30. The predicted molar refractivity (Wildman–Crippen MR) is 112 cm³/mol. The van der Waals surface area contributed by atoms with Gasteiger partial charge in [-0.2, -0.15) is 8.42 Å². The number of allylic oxidation sites excluding steroid dienone is 5. The first kappa shape index (κ1) is 25.3. The standard InChI is InChI=1S/C21H33NO6S/c1-15(6-5-7-16(2)20(25)22-12-13-29(26,27)28)8-9-18-17(3)19(24)10-11-21(18,4)14-23/h6,8-9,16,23H,5,7,10-14H2,1-4H3,(H,22,25)(H,26,27,28)/p-1/b9-8+,15-6+.